The smallest absolute Gasteiger partial charge is 0.227 e. The van der Waals surface area contributed by atoms with Crippen LogP contribution >= 0.6 is 0 Å². The predicted octanol–water partition coefficient (Wildman–Crippen LogP) is 1.21. The Kier molecular flexibility index (Phi) is 3.47. The van der Waals surface area contributed by atoms with E-state index in [0.717, 1.165) is 38.6 Å². The van der Waals surface area contributed by atoms with Gasteiger partial charge in [0, 0.05) is 44.3 Å². The van der Waals surface area contributed by atoms with Gasteiger partial charge in [0.2, 0.25) is 5.91 Å². The maximum absolute atomic E-state index is 12.7. The summed E-state index contributed by atoms with van der Waals surface area (Å²) in [4.78, 5) is 17.5. The van der Waals surface area contributed by atoms with E-state index in [1.54, 1.807) is 0 Å². The molecule has 1 saturated carbocycles. The first-order valence-corrected chi connectivity index (χ1v) is 8.60. The Labute approximate surface area is 121 Å². The summed E-state index contributed by atoms with van der Waals surface area (Å²) < 4.78 is 0. The van der Waals surface area contributed by atoms with Crippen LogP contribution < -0.4 is 5.32 Å². The first-order valence-electron chi connectivity index (χ1n) is 8.60. The average molecular weight is 277 g/mol. The summed E-state index contributed by atoms with van der Waals surface area (Å²) in [6.45, 7) is 4.13. The molecule has 3 atom stereocenters. The molecule has 4 aliphatic rings. The number of carbonyl (C=O) groups excluding carboxylic acids is 1. The average Bonchev–Trinajstić information content (AvgIpc) is 3.23. The molecule has 2 bridgehead atoms. The number of hydrogen-bond donors (Lipinski definition) is 1. The molecule has 1 N–H and O–H groups in total. The van der Waals surface area contributed by atoms with E-state index in [2.05, 4.69) is 15.1 Å². The Morgan fingerprint density at radius 1 is 0.950 bits per heavy atom. The molecule has 1 amide bonds. The maximum atomic E-state index is 12.7. The molecule has 4 fully saturated rings. The molecule has 0 aromatic carbocycles. The van der Waals surface area contributed by atoms with Crippen molar-refractivity contribution in [2.24, 2.45) is 5.92 Å². The van der Waals surface area contributed by atoms with E-state index >= 15 is 0 Å². The van der Waals surface area contributed by atoms with Crippen LogP contribution in [-0.4, -0.2) is 60.0 Å². The van der Waals surface area contributed by atoms with Crippen LogP contribution in [0.15, 0.2) is 0 Å². The van der Waals surface area contributed by atoms with Crippen molar-refractivity contribution >= 4 is 5.91 Å². The Hall–Kier alpha value is -0.610. The van der Waals surface area contributed by atoms with Crippen LogP contribution in [0.1, 0.15) is 44.9 Å². The number of rotatable bonds is 2. The molecule has 0 aromatic heterocycles. The van der Waals surface area contributed by atoms with Crippen LogP contribution in [0, 0.1) is 5.92 Å². The molecule has 3 aliphatic heterocycles. The lowest BCUT2D eigenvalue weighted by Crippen LogP contribution is -2.53. The van der Waals surface area contributed by atoms with Gasteiger partial charge >= 0.3 is 0 Å². The number of amides is 1. The van der Waals surface area contributed by atoms with E-state index in [-0.39, 0.29) is 5.92 Å². The van der Waals surface area contributed by atoms with Gasteiger partial charge in [-0.2, -0.15) is 0 Å². The first kappa shape index (κ1) is 13.1. The number of hydrogen-bond acceptors (Lipinski definition) is 3. The lowest BCUT2D eigenvalue weighted by Gasteiger charge is -2.39. The van der Waals surface area contributed by atoms with Crippen molar-refractivity contribution < 1.29 is 4.79 Å². The van der Waals surface area contributed by atoms with Crippen molar-refractivity contribution in [3.8, 4) is 0 Å². The minimum absolute atomic E-state index is 0.284. The fraction of sp³-hybridized carbons (Fsp3) is 0.938. The standard InChI is InChI=1S/C16H27N3O/c20-16(14-11-12-5-6-15(14)17-12)19-9-7-18(8-10-19)13-3-1-2-4-13/h12-15,17H,1-11H2. The van der Waals surface area contributed by atoms with E-state index in [1.165, 1.54) is 38.5 Å². The topological polar surface area (TPSA) is 35.6 Å². The Morgan fingerprint density at radius 2 is 1.70 bits per heavy atom. The summed E-state index contributed by atoms with van der Waals surface area (Å²) >= 11 is 0. The van der Waals surface area contributed by atoms with Crippen LogP contribution in [0.3, 0.4) is 0 Å². The monoisotopic (exact) mass is 277 g/mol. The highest BCUT2D eigenvalue weighted by Crippen LogP contribution is 2.34. The third-order valence-electron chi connectivity index (χ3n) is 6.08. The molecule has 4 heteroatoms. The van der Waals surface area contributed by atoms with E-state index in [1.807, 2.05) is 0 Å². The fourth-order valence-electron chi connectivity index (χ4n) is 4.91. The second-order valence-electron chi connectivity index (χ2n) is 7.19. The zero-order chi connectivity index (χ0) is 13.5. The molecule has 3 saturated heterocycles. The van der Waals surface area contributed by atoms with Crippen molar-refractivity contribution in [3.05, 3.63) is 0 Å². The minimum Gasteiger partial charge on any atom is -0.340 e. The number of fused-ring (bicyclic) bond motifs is 2. The van der Waals surface area contributed by atoms with Crippen LogP contribution in [0.4, 0.5) is 0 Å². The quantitative estimate of drug-likeness (QED) is 0.824. The van der Waals surface area contributed by atoms with Gasteiger partial charge in [0.15, 0.2) is 0 Å². The summed E-state index contributed by atoms with van der Waals surface area (Å²) in [7, 11) is 0. The van der Waals surface area contributed by atoms with E-state index in [4.69, 9.17) is 0 Å². The minimum atomic E-state index is 0.284. The van der Waals surface area contributed by atoms with Crippen LogP contribution in [0.25, 0.3) is 0 Å². The summed E-state index contributed by atoms with van der Waals surface area (Å²) in [6, 6.07) is 1.94. The molecule has 4 rings (SSSR count). The van der Waals surface area contributed by atoms with Gasteiger partial charge in [-0.1, -0.05) is 12.8 Å². The Morgan fingerprint density at radius 3 is 2.30 bits per heavy atom. The maximum Gasteiger partial charge on any atom is 0.227 e. The lowest BCUT2D eigenvalue weighted by molar-refractivity contribution is -0.138. The highest BCUT2D eigenvalue weighted by Gasteiger charge is 2.44. The Bertz CT molecular complexity index is 372. The van der Waals surface area contributed by atoms with Gasteiger partial charge in [-0.05, 0) is 32.1 Å². The Balaban J connectivity index is 1.31. The largest absolute Gasteiger partial charge is 0.340 e. The third kappa shape index (κ3) is 2.27. The third-order valence-corrected chi connectivity index (χ3v) is 6.08. The van der Waals surface area contributed by atoms with Crippen LogP contribution in [-0.2, 0) is 4.79 Å². The summed E-state index contributed by atoms with van der Waals surface area (Å²) in [5.74, 6) is 0.725. The molecule has 0 spiro atoms. The molecule has 4 nitrogen and oxygen atoms in total. The SMILES string of the molecule is O=C(C1CC2CCC1N2)N1CCN(C2CCCC2)CC1. The molecule has 112 valence electrons. The van der Waals surface area contributed by atoms with Crippen molar-refractivity contribution in [2.45, 2.75) is 63.1 Å². The molecule has 0 radical (unpaired) electrons. The zero-order valence-corrected chi connectivity index (χ0v) is 12.4. The van der Waals surface area contributed by atoms with Crippen LogP contribution in [0.5, 0.6) is 0 Å². The van der Waals surface area contributed by atoms with Crippen molar-refractivity contribution in [1.82, 2.24) is 15.1 Å². The molecular weight excluding hydrogens is 250 g/mol. The zero-order valence-electron chi connectivity index (χ0n) is 12.4. The van der Waals surface area contributed by atoms with Crippen molar-refractivity contribution in [2.75, 3.05) is 26.2 Å². The molecule has 0 aromatic rings. The summed E-state index contributed by atoms with van der Waals surface area (Å²) in [5.41, 5.74) is 0. The summed E-state index contributed by atoms with van der Waals surface area (Å²) in [6.07, 6.45) is 9.15. The second kappa shape index (κ2) is 5.30. The number of nitrogens with zero attached hydrogens (tertiary/aromatic N) is 2. The van der Waals surface area contributed by atoms with Crippen molar-refractivity contribution in [1.29, 1.82) is 0 Å². The van der Waals surface area contributed by atoms with Gasteiger partial charge in [0.1, 0.15) is 0 Å². The molecule has 3 unspecified atom stereocenters. The second-order valence-corrected chi connectivity index (χ2v) is 7.19. The van der Waals surface area contributed by atoms with Gasteiger partial charge in [0.25, 0.3) is 0 Å². The summed E-state index contributed by atoms with van der Waals surface area (Å²) in [5, 5.41) is 3.59. The van der Waals surface area contributed by atoms with E-state index < -0.39 is 0 Å². The van der Waals surface area contributed by atoms with Gasteiger partial charge in [-0.3, -0.25) is 9.69 Å². The van der Waals surface area contributed by atoms with Gasteiger partial charge in [0.05, 0.1) is 5.92 Å². The molecular formula is C16H27N3O. The highest BCUT2D eigenvalue weighted by molar-refractivity contribution is 5.80. The number of piperazine rings is 1. The fourth-order valence-corrected chi connectivity index (χ4v) is 4.91. The predicted molar refractivity (Wildman–Crippen MR) is 78.5 cm³/mol. The molecule has 20 heavy (non-hydrogen) atoms. The van der Waals surface area contributed by atoms with Crippen LogP contribution in [0.2, 0.25) is 0 Å². The van der Waals surface area contributed by atoms with Gasteiger partial charge in [-0.25, -0.2) is 0 Å². The van der Waals surface area contributed by atoms with E-state index in [0.29, 0.717) is 18.0 Å². The van der Waals surface area contributed by atoms with E-state index in [9.17, 15) is 4.79 Å². The highest BCUT2D eigenvalue weighted by atomic mass is 16.2. The first-order chi connectivity index (χ1) is 9.81. The lowest BCUT2D eigenvalue weighted by atomic mass is 9.88. The van der Waals surface area contributed by atoms with Crippen molar-refractivity contribution in [3.63, 3.8) is 0 Å². The normalized spacial score (nSPS) is 38.8. The number of carbonyl (C=O) groups is 1. The molecule has 1 aliphatic carbocycles. The van der Waals surface area contributed by atoms with Gasteiger partial charge in [-0.15, -0.1) is 0 Å². The van der Waals surface area contributed by atoms with Gasteiger partial charge < -0.3 is 10.2 Å². The molecule has 3 heterocycles. The number of nitrogens with one attached hydrogen (secondary N) is 1.